The first-order valence-electron chi connectivity index (χ1n) is 9.49. The Bertz CT molecular complexity index is 797. The molecule has 0 unspecified atom stereocenters. The molecule has 1 fully saturated rings. The fraction of sp³-hybridized carbons (Fsp3) is 0.429. The molecule has 0 aliphatic carbocycles. The van der Waals surface area contributed by atoms with Crippen molar-refractivity contribution < 1.29 is 22.6 Å². The van der Waals surface area contributed by atoms with Crippen LogP contribution in [0.25, 0.3) is 0 Å². The summed E-state index contributed by atoms with van der Waals surface area (Å²) in [5.41, 5.74) is 0.339. The van der Waals surface area contributed by atoms with Crippen molar-refractivity contribution in [3.8, 4) is 6.07 Å². The molecule has 1 N–H and O–H groups in total. The summed E-state index contributed by atoms with van der Waals surface area (Å²) in [5, 5.41) is 12.0. The van der Waals surface area contributed by atoms with Gasteiger partial charge in [-0.05, 0) is 25.3 Å². The monoisotopic (exact) mass is 422 g/mol. The molecule has 0 aromatic carbocycles. The number of hydrogen-bond donors (Lipinski definition) is 1. The summed E-state index contributed by atoms with van der Waals surface area (Å²) in [5.74, 6) is -2.87. The predicted octanol–water partition coefficient (Wildman–Crippen LogP) is 3.55. The number of ether oxygens (including phenoxy) is 2. The molecule has 0 radical (unpaired) electrons. The van der Waals surface area contributed by atoms with Crippen LogP contribution < -0.4 is 10.2 Å². The minimum absolute atomic E-state index is 0.245. The Balaban J connectivity index is 2.09. The van der Waals surface area contributed by atoms with E-state index < -0.39 is 30.3 Å². The van der Waals surface area contributed by atoms with E-state index in [1.165, 1.54) is 23.2 Å². The number of nitrogens with zero attached hydrogens (tertiary/aromatic N) is 3. The Morgan fingerprint density at radius 1 is 1.37 bits per heavy atom. The van der Waals surface area contributed by atoms with Crippen LogP contribution in [-0.2, 0) is 9.47 Å². The van der Waals surface area contributed by atoms with Gasteiger partial charge < -0.3 is 19.7 Å². The number of nitrogens with one attached hydrogen (secondary N) is 1. The maximum atomic E-state index is 14.3. The van der Waals surface area contributed by atoms with Crippen LogP contribution in [0, 0.1) is 17.2 Å². The number of hydrogen-bond acceptors (Lipinski definition) is 6. The van der Waals surface area contributed by atoms with Gasteiger partial charge in [0.1, 0.15) is 17.7 Å². The first-order chi connectivity index (χ1) is 14.5. The first-order valence-corrected chi connectivity index (χ1v) is 9.49. The highest BCUT2D eigenvalue weighted by Gasteiger charge is 2.23. The van der Waals surface area contributed by atoms with Crippen LogP contribution in [-0.4, -0.2) is 51.2 Å². The van der Waals surface area contributed by atoms with Crippen LogP contribution in [0.2, 0.25) is 0 Å². The van der Waals surface area contributed by atoms with Gasteiger partial charge in [0.05, 0.1) is 25.3 Å². The standard InChI is InChI=1S/C21H25F3N4O2/c1-3-17(22)8-18(23)19(24)12-28(20-5-4-15(9-25)11-27-20)7-6-21-29-13-16(10-26-2)14-30-21/h3-5,8,11,16,21,26H,1,6-7,10,12-14H2,2H3/b17-8+,19-18+. The van der Waals surface area contributed by atoms with Gasteiger partial charge in [-0.1, -0.05) is 6.58 Å². The summed E-state index contributed by atoms with van der Waals surface area (Å²) < 4.78 is 52.8. The molecule has 0 amide bonds. The molecule has 1 aliphatic heterocycles. The van der Waals surface area contributed by atoms with Crippen molar-refractivity contribution in [2.24, 2.45) is 5.92 Å². The molecule has 1 aromatic rings. The van der Waals surface area contributed by atoms with E-state index in [-0.39, 0.29) is 12.5 Å². The fourth-order valence-corrected chi connectivity index (χ4v) is 2.83. The molecule has 1 saturated heterocycles. The smallest absolute Gasteiger partial charge is 0.159 e. The SMILES string of the molecule is C=C/C(F)=C\C(F)=C(/F)CN(CCC1OCC(CNC)CO1)c1ccc(C#N)cn1. The minimum Gasteiger partial charge on any atom is -0.352 e. The summed E-state index contributed by atoms with van der Waals surface area (Å²) in [6.45, 7) is 4.79. The Kier molecular flexibility index (Phi) is 9.54. The highest BCUT2D eigenvalue weighted by atomic mass is 19.2. The zero-order chi connectivity index (χ0) is 21.9. The lowest BCUT2D eigenvalue weighted by atomic mass is 10.1. The van der Waals surface area contributed by atoms with Crippen molar-refractivity contribution in [3.05, 3.63) is 60.1 Å². The van der Waals surface area contributed by atoms with Gasteiger partial charge in [-0.2, -0.15) is 5.26 Å². The van der Waals surface area contributed by atoms with Gasteiger partial charge >= 0.3 is 0 Å². The second-order valence-electron chi connectivity index (χ2n) is 6.73. The molecule has 1 aromatic heterocycles. The number of nitriles is 1. The summed E-state index contributed by atoms with van der Waals surface area (Å²) in [6, 6.07) is 5.02. The van der Waals surface area contributed by atoms with E-state index in [0.717, 1.165) is 12.6 Å². The summed E-state index contributed by atoms with van der Waals surface area (Å²) in [6.07, 6.45) is 2.47. The Hall–Kier alpha value is -2.67. The van der Waals surface area contributed by atoms with Crippen LogP contribution in [0.15, 0.2) is 54.5 Å². The van der Waals surface area contributed by atoms with Crippen LogP contribution in [0.4, 0.5) is 19.0 Å². The number of aromatic nitrogens is 1. The maximum Gasteiger partial charge on any atom is 0.159 e. The van der Waals surface area contributed by atoms with Gasteiger partial charge in [0, 0.05) is 37.7 Å². The topological polar surface area (TPSA) is 70.4 Å². The van der Waals surface area contributed by atoms with Crippen LogP contribution in [0.5, 0.6) is 0 Å². The van der Waals surface area contributed by atoms with Gasteiger partial charge in [-0.15, -0.1) is 0 Å². The van der Waals surface area contributed by atoms with Gasteiger partial charge in [-0.25, -0.2) is 18.2 Å². The molecule has 6 nitrogen and oxygen atoms in total. The van der Waals surface area contributed by atoms with Crippen molar-refractivity contribution in [1.82, 2.24) is 10.3 Å². The fourth-order valence-electron chi connectivity index (χ4n) is 2.83. The van der Waals surface area contributed by atoms with E-state index >= 15 is 0 Å². The van der Waals surface area contributed by atoms with E-state index in [1.807, 2.05) is 13.1 Å². The zero-order valence-electron chi connectivity index (χ0n) is 16.8. The predicted molar refractivity (Wildman–Crippen MR) is 108 cm³/mol. The van der Waals surface area contributed by atoms with E-state index in [2.05, 4.69) is 16.9 Å². The summed E-state index contributed by atoms with van der Waals surface area (Å²) in [4.78, 5) is 5.61. The quantitative estimate of drug-likeness (QED) is 0.582. The number of rotatable bonds is 10. The third kappa shape index (κ3) is 7.30. The number of anilines is 1. The molecule has 9 heteroatoms. The second kappa shape index (κ2) is 12.1. The molecule has 0 atom stereocenters. The third-order valence-electron chi connectivity index (χ3n) is 4.41. The van der Waals surface area contributed by atoms with Crippen molar-refractivity contribution in [3.63, 3.8) is 0 Å². The highest BCUT2D eigenvalue weighted by Crippen LogP contribution is 2.21. The minimum atomic E-state index is -1.33. The van der Waals surface area contributed by atoms with Crippen molar-refractivity contribution >= 4 is 5.82 Å². The Morgan fingerprint density at radius 2 is 2.10 bits per heavy atom. The van der Waals surface area contributed by atoms with Crippen LogP contribution in [0.1, 0.15) is 12.0 Å². The average molecular weight is 422 g/mol. The first kappa shape index (κ1) is 23.6. The lowest BCUT2D eigenvalue weighted by Crippen LogP contribution is -2.39. The average Bonchev–Trinajstić information content (AvgIpc) is 2.77. The zero-order valence-corrected chi connectivity index (χ0v) is 16.8. The molecular formula is C21H25F3N4O2. The third-order valence-corrected chi connectivity index (χ3v) is 4.41. The Labute approximate surface area is 174 Å². The lowest BCUT2D eigenvalue weighted by Gasteiger charge is -2.31. The largest absolute Gasteiger partial charge is 0.352 e. The van der Waals surface area contributed by atoms with Gasteiger partial charge in [0.25, 0.3) is 0 Å². The maximum absolute atomic E-state index is 14.3. The van der Waals surface area contributed by atoms with Gasteiger partial charge in [-0.3, -0.25) is 0 Å². The van der Waals surface area contributed by atoms with Crippen molar-refractivity contribution in [2.75, 3.05) is 44.8 Å². The van der Waals surface area contributed by atoms with E-state index in [1.54, 1.807) is 0 Å². The molecule has 30 heavy (non-hydrogen) atoms. The van der Waals surface area contributed by atoms with Crippen molar-refractivity contribution in [1.29, 1.82) is 5.26 Å². The molecule has 162 valence electrons. The van der Waals surface area contributed by atoms with Crippen LogP contribution in [0.3, 0.4) is 0 Å². The van der Waals surface area contributed by atoms with E-state index in [4.69, 9.17) is 14.7 Å². The molecule has 0 spiro atoms. The number of allylic oxidation sites excluding steroid dienone is 4. The molecule has 2 heterocycles. The second-order valence-corrected chi connectivity index (χ2v) is 6.73. The van der Waals surface area contributed by atoms with E-state index in [0.29, 0.717) is 37.1 Å². The molecule has 0 saturated carbocycles. The highest BCUT2D eigenvalue weighted by molar-refractivity contribution is 5.43. The number of pyridine rings is 1. The normalized spacial score (nSPS) is 20.3. The van der Waals surface area contributed by atoms with Crippen LogP contribution >= 0.6 is 0 Å². The Morgan fingerprint density at radius 3 is 2.67 bits per heavy atom. The molecule has 1 aliphatic rings. The molecule has 2 rings (SSSR count). The van der Waals surface area contributed by atoms with E-state index in [9.17, 15) is 13.2 Å². The number of halogens is 3. The van der Waals surface area contributed by atoms with Gasteiger partial charge in [0.2, 0.25) is 0 Å². The lowest BCUT2D eigenvalue weighted by molar-refractivity contribution is -0.200. The van der Waals surface area contributed by atoms with Crippen molar-refractivity contribution in [2.45, 2.75) is 12.7 Å². The molecule has 0 bridgehead atoms. The van der Waals surface area contributed by atoms with Gasteiger partial charge in [0.15, 0.2) is 17.9 Å². The molecular weight excluding hydrogens is 397 g/mol. The summed E-state index contributed by atoms with van der Waals surface area (Å²) in [7, 11) is 1.85. The summed E-state index contributed by atoms with van der Waals surface area (Å²) >= 11 is 0.